The Kier molecular flexibility index (Phi) is 14.4. The first kappa shape index (κ1) is 33.5. The smallest absolute Gasteiger partial charge is 0.255 e. The summed E-state index contributed by atoms with van der Waals surface area (Å²) in [6, 6.07) is 10.3. The number of primary amides is 1. The number of fused-ring (bicyclic) bond motifs is 1. The molecular formula is C30H46N6O2S2. The maximum Gasteiger partial charge on any atom is 0.255 e. The molecule has 10 heteroatoms. The highest BCUT2D eigenvalue weighted by Crippen LogP contribution is 2.34. The summed E-state index contributed by atoms with van der Waals surface area (Å²) in [7, 11) is 2.22. The van der Waals surface area contributed by atoms with Crippen molar-refractivity contribution in [1.82, 2.24) is 19.8 Å². The number of nitrogens with zero attached hydrogens (tertiary/aromatic N) is 4. The number of thiol groups is 1. The summed E-state index contributed by atoms with van der Waals surface area (Å²) in [4.78, 5) is 34.2. The minimum Gasteiger partial charge on any atom is -0.383 e. The first-order chi connectivity index (χ1) is 19.2. The van der Waals surface area contributed by atoms with Crippen molar-refractivity contribution >= 4 is 52.3 Å². The van der Waals surface area contributed by atoms with Crippen LogP contribution in [0.2, 0.25) is 0 Å². The topological polar surface area (TPSA) is 118 Å². The number of nitrogens with two attached hydrogens (primary N) is 2. The van der Waals surface area contributed by atoms with Gasteiger partial charge in [0.25, 0.3) is 5.91 Å². The molecule has 8 nitrogen and oxygen atoms in total. The molecule has 4 heterocycles. The minimum atomic E-state index is 0.0868. The van der Waals surface area contributed by atoms with E-state index in [1.54, 1.807) is 12.5 Å². The van der Waals surface area contributed by atoms with E-state index in [-0.39, 0.29) is 12.3 Å². The number of carbonyl (C=O) groups excluding carboxylic acids is 2. The van der Waals surface area contributed by atoms with Gasteiger partial charge in [-0.2, -0.15) is 12.6 Å². The molecule has 2 aliphatic rings. The molecule has 0 spiro atoms. The van der Waals surface area contributed by atoms with Gasteiger partial charge in [-0.15, -0.1) is 11.3 Å². The molecule has 2 amide bonds. The number of aromatic nitrogens is 2. The fraction of sp³-hybridized carbons (Fsp3) is 0.533. The third-order valence-corrected chi connectivity index (χ3v) is 8.27. The highest BCUT2D eigenvalue weighted by atomic mass is 32.1. The predicted molar refractivity (Wildman–Crippen MR) is 171 cm³/mol. The van der Waals surface area contributed by atoms with Crippen LogP contribution in [-0.2, 0) is 11.2 Å². The van der Waals surface area contributed by atoms with Crippen LogP contribution in [0.1, 0.15) is 66.9 Å². The van der Waals surface area contributed by atoms with Gasteiger partial charge in [-0.3, -0.25) is 9.59 Å². The van der Waals surface area contributed by atoms with Crippen molar-refractivity contribution in [2.24, 2.45) is 17.6 Å². The number of piperidine rings is 2. The molecule has 2 aliphatic heterocycles. The highest BCUT2D eigenvalue weighted by molar-refractivity contribution is 7.79. The van der Waals surface area contributed by atoms with E-state index in [1.165, 1.54) is 29.1 Å². The van der Waals surface area contributed by atoms with Crippen LogP contribution < -0.4 is 11.5 Å². The van der Waals surface area contributed by atoms with E-state index in [9.17, 15) is 4.79 Å². The second kappa shape index (κ2) is 17.2. The number of pyridine rings is 1. The quantitative estimate of drug-likeness (QED) is 0.290. The van der Waals surface area contributed by atoms with E-state index in [2.05, 4.69) is 73.4 Å². The third-order valence-electron chi connectivity index (χ3n) is 7.08. The lowest BCUT2D eigenvalue weighted by atomic mass is 9.91. The van der Waals surface area contributed by atoms with Crippen molar-refractivity contribution in [3.05, 3.63) is 52.7 Å². The summed E-state index contributed by atoms with van der Waals surface area (Å²) >= 11 is 5.40. The number of aryl methyl sites for hydroxylation is 1. The van der Waals surface area contributed by atoms with Crippen molar-refractivity contribution in [2.75, 3.05) is 45.2 Å². The Hall–Kier alpha value is -2.69. The fourth-order valence-corrected chi connectivity index (χ4v) is 6.41. The molecular weight excluding hydrogens is 541 g/mol. The van der Waals surface area contributed by atoms with Gasteiger partial charge in [0.1, 0.15) is 5.82 Å². The Morgan fingerprint density at radius 1 is 1.18 bits per heavy atom. The van der Waals surface area contributed by atoms with Gasteiger partial charge in [0.2, 0.25) is 6.41 Å². The van der Waals surface area contributed by atoms with Gasteiger partial charge in [-0.1, -0.05) is 32.9 Å². The van der Waals surface area contributed by atoms with Gasteiger partial charge in [0.15, 0.2) is 0 Å². The van der Waals surface area contributed by atoms with Gasteiger partial charge < -0.3 is 21.3 Å². The number of likely N-dealkylation sites (N-methyl/N-ethyl adjacent to an activating group) is 1. The van der Waals surface area contributed by atoms with Gasteiger partial charge >= 0.3 is 0 Å². The third kappa shape index (κ3) is 9.74. The summed E-state index contributed by atoms with van der Waals surface area (Å²) in [6.07, 6.45) is 7.93. The van der Waals surface area contributed by atoms with Crippen LogP contribution in [0.25, 0.3) is 10.2 Å². The van der Waals surface area contributed by atoms with E-state index >= 15 is 0 Å². The second-order valence-electron chi connectivity index (χ2n) is 10.5. The van der Waals surface area contributed by atoms with Crippen molar-refractivity contribution < 1.29 is 9.59 Å². The monoisotopic (exact) mass is 586 g/mol. The SMILES string of the molecule is CC1CC(c2nc3ccccc3s2)CN(C)C1.CCc1cc(C(=O)N2CCCC(C)C2)cnc1N.CS.NC=O. The largest absolute Gasteiger partial charge is 0.383 e. The second-order valence-corrected chi connectivity index (χ2v) is 11.6. The molecule has 0 saturated carbocycles. The number of hydrogen-bond donors (Lipinski definition) is 3. The maximum atomic E-state index is 12.4. The van der Waals surface area contributed by atoms with Crippen molar-refractivity contribution in [2.45, 2.75) is 52.4 Å². The first-order valence-corrected chi connectivity index (χ1v) is 15.6. The van der Waals surface area contributed by atoms with Crippen LogP contribution >= 0.6 is 24.0 Å². The van der Waals surface area contributed by atoms with Gasteiger partial charge in [0, 0.05) is 38.3 Å². The molecule has 3 atom stereocenters. The van der Waals surface area contributed by atoms with Crippen LogP contribution in [0.3, 0.4) is 0 Å². The average molecular weight is 587 g/mol. The summed E-state index contributed by atoms with van der Waals surface area (Å²) in [5.41, 5.74) is 12.7. The number of anilines is 1. The van der Waals surface area contributed by atoms with Gasteiger partial charge in [-0.25, -0.2) is 9.97 Å². The van der Waals surface area contributed by atoms with Gasteiger partial charge in [0.05, 0.1) is 20.8 Å². The summed E-state index contributed by atoms with van der Waals surface area (Å²) in [6.45, 7) is 10.6. The Morgan fingerprint density at radius 3 is 2.50 bits per heavy atom. The number of hydrogen-bond acceptors (Lipinski definition) is 8. The zero-order valence-electron chi connectivity index (χ0n) is 24.5. The zero-order valence-corrected chi connectivity index (χ0v) is 26.3. The summed E-state index contributed by atoms with van der Waals surface area (Å²) < 4.78 is 1.32. The van der Waals surface area contributed by atoms with Crippen molar-refractivity contribution in [1.29, 1.82) is 0 Å². The van der Waals surface area contributed by atoms with E-state index in [1.807, 2.05) is 29.2 Å². The predicted octanol–water partition coefficient (Wildman–Crippen LogP) is 5.10. The standard InChI is InChI=1S/C14H21N3O.C14H18N2S.CH3NO.CH4S/c1-3-11-7-12(8-16-13(11)15)14(18)17-6-4-5-10(2)9-17;1-10-7-11(9-16(2)8-10)14-15-12-5-3-4-6-13(12)17-14;2-1-3;1-2/h7-8,10H,3-6,9H2,1-2H3,(H2,15,16);3-6,10-11H,7-9H2,1-2H3;1H,(H2,2,3);2H,1H3. The molecule has 40 heavy (non-hydrogen) atoms. The molecule has 2 fully saturated rings. The fourth-order valence-electron chi connectivity index (χ4n) is 5.34. The molecule has 0 aliphatic carbocycles. The molecule has 0 radical (unpaired) electrons. The molecule has 220 valence electrons. The molecule has 3 unspecified atom stereocenters. The number of rotatable bonds is 3. The molecule has 3 aromatic rings. The van der Waals surface area contributed by atoms with Crippen LogP contribution in [0.5, 0.6) is 0 Å². The Labute approximate surface area is 249 Å². The van der Waals surface area contributed by atoms with Crippen LogP contribution in [0.15, 0.2) is 36.5 Å². The van der Waals surface area contributed by atoms with Crippen LogP contribution in [0, 0.1) is 11.8 Å². The molecule has 2 aromatic heterocycles. The molecule has 1 aromatic carbocycles. The normalized spacial score (nSPS) is 20.6. The molecule has 0 bridgehead atoms. The maximum absolute atomic E-state index is 12.4. The highest BCUT2D eigenvalue weighted by Gasteiger charge is 2.26. The Morgan fingerprint density at radius 2 is 1.88 bits per heavy atom. The number of para-hydroxylation sites is 1. The van der Waals surface area contributed by atoms with Gasteiger partial charge in [-0.05, 0) is 74.6 Å². The van der Waals surface area contributed by atoms with E-state index in [4.69, 9.17) is 15.5 Å². The lowest BCUT2D eigenvalue weighted by Crippen LogP contribution is -2.39. The number of likely N-dealkylation sites (tertiary alicyclic amines) is 2. The molecule has 5 rings (SSSR count). The number of thiazole rings is 1. The number of carbonyl (C=O) groups is 2. The minimum absolute atomic E-state index is 0.0868. The molecule has 4 N–H and O–H groups in total. The number of nitrogen functional groups attached to an aromatic ring is 1. The lowest BCUT2D eigenvalue weighted by Gasteiger charge is -2.32. The van der Waals surface area contributed by atoms with Crippen molar-refractivity contribution in [3.8, 4) is 0 Å². The Bertz CT molecular complexity index is 1160. The lowest BCUT2D eigenvalue weighted by molar-refractivity contribution is -0.106. The summed E-state index contributed by atoms with van der Waals surface area (Å²) in [5, 5.41) is 1.32. The van der Waals surface area contributed by atoms with Crippen LogP contribution in [0.4, 0.5) is 5.82 Å². The number of benzene rings is 1. The van der Waals surface area contributed by atoms with E-state index in [0.29, 0.717) is 23.2 Å². The summed E-state index contributed by atoms with van der Waals surface area (Å²) in [5.74, 6) is 2.62. The van der Waals surface area contributed by atoms with Crippen LogP contribution in [-0.4, -0.2) is 71.6 Å². The zero-order chi connectivity index (χ0) is 29.7. The number of amides is 2. The van der Waals surface area contributed by atoms with E-state index < -0.39 is 0 Å². The van der Waals surface area contributed by atoms with Crippen molar-refractivity contribution in [3.63, 3.8) is 0 Å². The Balaban J connectivity index is 0.000000242. The average Bonchev–Trinajstić information content (AvgIpc) is 3.39. The molecule has 2 saturated heterocycles. The van der Waals surface area contributed by atoms with E-state index in [0.717, 1.165) is 49.5 Å². The first-order valence-electron chi connectivity index (χ1n) is 13.9.